The molecule has 2 N–H and O–H groups in total. The van der Waals surface area contributed by atoms with Gasteiger partial charge in [-0.05, 0) is 37.0 Å². The number of amides is 1. The van der Waals surface area contributed by atoms with Crippen molar-refractivity contribution >= 4 is 5.91 Å². The number of carbonyl (C=O) groups is 1. The highest BCUT2D eigenvalue weighted by molar-refractivity contribution is 5.81. The van der Waals surface area contributed by atoms with Crippen LogP contribution in [0.1, 0.15) is 43.4 Å². The van der Waals surface area contributed by atoms with Gasteiger partial charge in [0, 0.05) is 6.61 Å². The van der Waals surface area contributed by atoms with Crippen LogP contribution >= 0.6 is 0 Å². The smallest absolute Gasteiger partial charge is 0.386 e. The van der Waals surface area contributed by atoms with Crippen molar-refractivity contribution in [2.24, 2.45) is 0 Å². The summed E-state index contributed by atoms with van der Waals surface area (Å²) in [5.74, 6) is -0.291. The van der Waals surface area contributed by atoms with Gasteiger partial charge >= 0.3 is 6.18 Å². The van der Waals surface area contributed by atoms with Crippen LogP contribution in [-0.4, -0.2) is 29.8 Å². The Kier molecular flexibility index (Phi) is 5.64. The highest BCUT2D eigenvalue weighted by Crippen LogP contribution is 2.30. The monoisotopic (exact) mass is 331 g/mol. The second-order valence-electron chi connectivity index (χ2n) is 5.59. The van der Waals surface area contributed by atoms with Gasteiger partial charge in [-0.2, -0.15) is 13.2 Å². The van der Waals surface area contributed by atoms with Crippen LogP contribution in [-0.2, 0) is 15.7 Å². The molecule has 3 atom stereocenters. The maximum atomic E-state index is 12.6. The summed E-state index contributed by atoms with van der Waals surface area (Å²) in [6.45, 7) is 2.32. The summed E-state index contributed by atoms with van der Waals surface area (Å²) in [5.41, 5.74) is -0.442. The van der Waals surface area contributed by atoms with Crippen LogP contribution in [0.4, 0.5) is 13.2 Å². The topological polar surface area (TPSA) is 58.6 Å². The SMILES string of the molecule is CC[C@H](NC(=O)[C@H]1CCCO1)[C@@H](O)c1ccc(C(F)(F)F)cc1. The normalized spacial score (nSPS) is 21.0. The fourth-order valence-corrected chi connectivity index (χ4v) is 2.57. The van der Waals surface area contributed by atoms with Gasteiger partial charge in [0.1, 0.15) is 6.10 Å². The lowest BCUT2D eigenvalue weighted by molar-refractivity contribution is -0.137. The average molecular weight is 331 g/mol. The molecule has 128 valence electrons. The van der Waals surface area contributed by atoms with E-state index >= 15 is 0 Å². The summed E-state index contributed by atoms with van der Waals surface area (Å²) in [7, 11) is 0. The predicted molar refractivity (Wildman–Crippen MR) is 77.6 cm³/mol. The number of rotatable bonds is 5. The zero-order chi connectivity index (χ0) is 17.0. The highest BCUT2D eigenvalue weighted by atomic mass is 19.4. The Balaban J connectivity index is 2.03. The number of alkyl halides is 3. The van der Waals surface area contributed by atoms with Gasteiger partial charge in [-0.25, -0.2) is 0 Å². The molecule has 0 radical (unpaired) electrons. The quantitative estimate of drug-likeness (QED) is 0.872. The van der Waals surface area contributed by atoms with Gasteiger partial charge in [0.25, 0.3) is 0 Å². The molecule has 1 fully saturated rings. The number of ether oxygens (including phenoxy) is 1. The second kappa shape index (κ2) is 7.31. The molecule has 0 saturated carbocycles. The van der Waals surface area contributed by atoms with Crippen LogP contribution in [0.25, 0.3) is 0 Å². The first-order chi connectivity index (χ1) is 10.8. The number of carbonyl (C=O) groups excluding carboxylic acids is 1. The largest absolute Gasteiger partial charge is 0.416 e. The molecule has 1 heterocycles. The van der Waals surface area contributed by atoms with E-state index in [1.807, 2.05) is 0 Å². The molecule has 0 spiro atoms. The van der Waals surface area contributed by atoms with Crippen LogP contribution in [0.15, 0.2) is 24.3 Å². The molecule has 1 amide bonds. The lowest BCUT2D eigenvalue weighted by atomic mass is 9.98. The first-order valence-corrected chi connectivity index (χ1v) is 7.60. The van der Waals surface area contributed by atoms with Crippen molar-refractivity contribution < 1.29 is 27.8 Å². The summed E-state index contributed by atoms with van der Waals surface area (Å²) in [5, 5.41) is 13.0. The highest BCUT2D eigenvalue weighted by Gasteiger charge is 2.31. The number of aliphatic hydroxyl groups excluding tert-OH is 1. The number of halogens is 3. The average Bonchev–Trinajstić information content (AvgIpc) is 3.05. The van der Waals surface area contributed by atoms with Crippen molar-refractivity contribution in [2.75, 3.05) is 6.61 Å². The first kappa shape index (κ1) is 17.7. The molecule has 2 rings (SSSR count). The molecular weight excluding hydrogens is 311 g/mol. The van der Waals surface area contributed by atoms with Gasteiger partial charge in [-0.15, -0.1) is 0 Å². The van der Waals surface area contributed by atoms with Crippen molar-refractivity contribution in [3.63, 3.8) is 0 Å². The molecule has 0 unspecified atom stereocenters. The molecule has 0 aromatic heterocycles. The molecule has 0 bridgehead atoms. The third-order valence-corrected chi connectivity index (χ3v) is 3.95. The fourth-order valence-electron chi connectivity index (χ4n) is 2.57. The zero-order valence-electron chi connectivity index (χ0n) is 12.8. The van der Waals surface area contributed by atoms with Crippen LogP contribution in [0.2, 0.25) is 0 Å². The minimum atomic E-state index is -4.42. The van der Waals surface area contributed by atoms with E-state index in [0.29, 0.717) is 25.0 Å². The van der Waals surface area contributed by atoms with Gasteiger partial charge in [-0.1, -0.05) is 19.1 Å². The molecule has 1 saturated heterocycles. The molecule has 1 aromatic carbocycles. The molecule has 0 aliphatic carbocycles. The van der Waals surface area contributed by atoms with E-state index in [9.17, 15) is 23.1 Å². The Labute approximate surface area is 132 Å². The minimum Gasteiger partial charge on any atom is -0.386 e. The van der Waals surface area contributed by atoms with Crippen molar-refractivity contribution in [1.29, 1.82) is 0 Å². The number of benzene rings is 1. The number of aliphatic hydroxyl groups is 1. The van der Waals surface area contributed by atoms with E-state index in [0.717, 1.165) is 18.6 Å². The van der Waals surface area contributed by atoms with Crippen molar-refractivity contribution in [3.05, 3.63) is 35.4 Å². The third-order valence-electron chi connectivity index (χ3n) is 3.95. The van der Waals surface area contributed by atoms with E-state index in [1.54, 1.807) is 6.92 Å². The maximum absolute atomic E-state index is 12.6. The Hall–Kier alpha value is -1.60. The number of hydrogen-bond donors (Lipinski definition) is 2. The van der Waals surface area contributed by atoms with Gasteiger partial charge in [0.2, 0.25) is 5.91 Å². The Morgan fingerprint density at radius 3 is 2.52 bits per heavy atom. The van der Waals surface area contributed by atoms with E-state index in [1.165, 1.54) is 12.1 Å². The van der Waals surface area contributed by atoms with Gasteiger partial charge < -0.3 is 15.2 Å². The Morgan fingerprint density at radius 2 is 2.04 bits per heavy atom. The van der Waals surface area contributed by atoms with E-state index < -0.39 is 30.0 Å². The van der Waals surface area contributed by atoms with Crippen LogP contribution in [0.5, 0.6) is 0 Å². The van der Waals surface area contributed by atoms with Gasteiger partial charge in [-0.3, -0.25) is 4.79 Å². The molecular formula is C16H20F3NO3. The summed E-state index contributed by atoms with van der Waals surface area (Å²) in [4.78, 5) is 12.0. The van der Waals surface area contributed by atoms with E-state index in [2.05, 4.69) is 5.32 Å². The van der Waals surface area contributed by atoms with Crippen molar-refractivity contribution in [3.8, 4) is 0 Å². The first-order valence-electron chi connectivity index (χ1n) is 7.60. The predicted octanol–water partition coefficient (Wildman–Crippen LogP) is 2.81. The summed E-state index contributed by atoms with van der Waals surface area (Å²) in [6.07, 6.45) is -4.10. The summed E-state index contributed by atoms with van der Waals surface area (Å²) < 4.78 is 43.0. The third kappa shape index (κ3) is 4.45. The summed E-state index contributed by atoms with van der Waals surface area (Å²) in [6, 6.07) is 3.73. The van der Waals surface area contributed by atoms with Crippen LogP contribution < -0.4 is 5.32 Å². The van der Waals surface area contributed by atoms with E-state index in [4.69, 9.17) is 4.74 Å². The van der Waals surface area contributed by atoms with Gasteiger partial charge in [0.15, 0.2) is 0 Å². The number of hydrogen-bond acceptors (Lipinski definition) is 3. The standard InChI is InChI=1S/C16H20F3NO3/c1-2-12(20-15(22)13-4-3-9-23-13)14(21)10-5-7-11(8-6-10)16(17,18)19/h5-8,12-14,21H,2-4,9H2,1H3,(H,20,22)/t12-,13+,14-/m0/s1. The Morgan fingerprint density at radius 1 is 1.39 bits per heavy atom. The van der Waals surface area contributed by atoms with Crippen molar-refractivity contribution in [2.45, 2.75) is 50.6 Å². The molecule has 23 heavy (non-hydrogen) atoms. The van der Waals surface area contributed by atoms with E-state index in [-0.39, 0.29) is 5.91 Å². The number of nitrogens with one attached hydrogen (secondary N) is 1. The molecule has 1 aromatic rings. The van der Waals surface area contributed by atoms with Gasteiger partial charge in [0.05, 0.1) is 17.7 Å². The summed E-state index contributed by atoms with van der Waals surface area (Å²) >= 11 is 0. The molecule has 7 heteroatoms. The Bertz CT molecular complexity index is 524. The minimum absolute atomic E-state index is 0.291. The maximum Gasteiger partial charge on any atom is 0.416 e. The van der Waals surface area contributed by atoms with Crippen LogP contribution in [0.3, 0.4) is 0 Å². The molecule has 1 aliphatic rings. The lowest BCUT2D eigenvalue weighted by Gasteiger charge is -2.25. The zero-order valence-corrected chi connectivity index (χ0v) is 12.8. The molecule has 1 aliphatic heterocycles. The second-order valence-corrected chi connectivity index (χ2v) is 5.59. The van der Waals surface area contributed by atoms with Crippen molar-refractivity contribution in [1.82, 2.24) is 5.32 Å². The fraction of sp³-hybridized carbons (Fsp3) is 0.562. The lowest BCUT2D eigenvalue weighted by Crippen LogP contribution is -2.43. The molecule has 4 nitrogen and oxygen atoms in total. The van der Waals surface area contributed by atoms with Crippen LogP contribution in [0, 0.1) is 0 Å².